The van der Waals surface area contributed by atoms with E-state index in [1.54, 1.807) is 0 Å². The molecule has 2 aromatic rings. The van der Waals surface area contributed by atoms with Crippen LogP contribution in [0.4, 0.5) is 13.2 Å². The summed E-state index contributed by atoms with van der Waals surface area (Å²) in [6.07, 6.45) is -4.04. The van der Waals surface area contributed by atoms with E-state index in [9.17, 15) is 13.2 Å². The van der Waals surface area contributed by atoms with Crippen LogP contribution in [0.3, 0.4) is 0 Å². The Morgan fingerprint density at radius 1 is 1.05 bits per heavy atom. The van der Waals surface area contributed by atoms with Crippen molar-refractivity contribution in [3.05, 3.63) is 48.0 Å². The fourth-order valence-electron chi connectivity index (χ4n) is 2.44. The summed E-state index contributed by atoms with van der Waals surface area (Å²) >= 11 is 0. The van der Waals surface area contributed by atoms with Crippen molar-refractivity contribution in [1.82, 2.24) is 5.32 Å². The number of benzene rings is 2. The van der Waals surface area contributed by atoms with E-state index in [-0.39, 0.29) is 12.5 Å². The highest BCUT2D eigenvalue weighted by atomic mass is 19.4. The third-order valence-corrected chi connectivity index (χ3v) is 3.62. The van der Waals surface area contributed by atoms with Crippen molar-refractivity contribution >= 4 is 10.8 Å². The minimum absolute atomic E-state index is 0.0753. The summed E-state index contributed by atoms with van der Waals surface area (Å²) in [5, 5.41) is 5.68. The lowest BCUT2D eigenvalue weighted by Gasteiger charge is -2.15. The third-order valence-electron chi connectivity index (χ3n) is 3.62. The minimum Gasteiger partial charge on any atom is -0.310 e. The van der Waals surface area contributed by atoms with Gasteiger partial charge in [0.15, 0.2) is 0 Å². The first-order chi connectivity index (χ1) is 9.96. The van der Waals surface area contributed by atoms with Gasteiger partial charge in [-0.2, -0.15) is 13.2 Å². The Morgan fingerprint density at radius 2 is 1.76 bits per heavy atom. The molecule has 0 aliphatic carbocycles. The maximum absolute atomic E-state index is 12.1. The monoisotopic (exact) mass is 295 g/mol. The molecule has 0 radical (unpaired) electrons. The summed E-state index contributed by atoms with van der Waals surface area (Å²) in [5.74, 6) is 0. The Kier molecular flexibility index (Phi) is 5.23. The lowest BCUT2D eigenvalue weighted by atomic mass is 10.0. The molecular formula is C17H20F3N. The molecule has 21 heavy (non-hydrogen) atoms. The second-order valence-electron chi connectivity index (χ2n) is 5.43. The quantitative estimate of drug-likeness (QED) is 0.786. The van der Waals surface area contributed by atoms with Gasteiger partial charge < -0.3 is 5.32 Å². The van der Waals surface area contributed by atoms with E-state index in [1.807, 2.05) is 25.1 Å². The molecular weight excluding hydrogens is 275 g/mol. The molecule has 0 spiro atoms. The Bertz CT molecular complexity index is 572. The van der Waals surface area contributed by atoms with Crippen LogP contribution in [0.1, 0.15) is 31.7 Å². The van der Waals surface area contributed by atoms with Crippen molar-refractivity contribution in [2.45, 2.75) is 44.9 Å². The zero-order valence-corrected chi connectivity index (χ0v) is 12.1. The van der Waals surface area contributed by atoms with E-state index < -0.39 is 12.6 Å². The minimum atomic E-state index is -4.05. The Morgan fingerprint density at radius 3 is 2.52 bits per heavy atom. The van der Waals surface area contributed by atoms with Crippen molar-refractivity contribution in [3.63, 3.8) is 0 Å². The summed E-state index contributed by atoms with van der Waals surface area (Å²) in [6, 6.07) is 14.3. The van der Waals surface area contributed by atoms with E-state index >= 15 is 0 Å². The van der Waals surface area contributed by atoms with Crippen LogP contribution in [0, 0.1) is 0 Å². The largest absolute Gasteiger partial charge is 0.389 e. The Hall–Kier alpha value is -1.55. The first-order valence-electron chi connectivity index (χ1n) is 7.22. The normalized spacial score (nSPS) is 13.5. The number of rotatable bonds is 6. The molecule has 1 nitrogen and oxygen atoms in total. The predicted molar refractivity (Wildman–Crippen MR) is 80.2 cm³/mol. The molecule has 0 saturated heterocycles. The van der Waals surface area contributed by atoms with E-state index in [1.165, 1.54) is 16.3 Å². The molecule has 4 heteroatoms. The van der Waals surface area contributed by atoms with E-state index in [0.29, 0.717) is 13.0 Å². The average molecular weight is 295 g/mol. The lowest BCUT2D eigenvalue weighted by Crippen LogP contribution is -2.26. The molecule has 0 amide bonds. The molecule has 0 saturated carbocycles. The van der Waals surface area contributed by atoms with E-state index in [2.05, 4.69) is 29.6 Å². The van der Waals surface area contributed by atoms with Gasteiger partial charge in [0.05, 0.1) is 0 Å². The molecule has 0 bridgehead atoms. The van der Waals surface area contributed by atoms with Crippen molar-refractivity contribution in [1.29, 1.82) is 0 Å². The number of fused-ring (bicyclic) bond motifs is 1. The number of hydrogen-bond donors (Lipinski definition) is 1. The van der Waals surface area contributed by atoms with Crippen molar-refractivity contribution in [2.24, 2.45) is 0 Å². The Labute approximate surface area is 123 Å². The van der Waals surface area contributed by atoms with Gasteiger partial charge in [-0.15, -0.1) is 0 Å². The first-order valence-corrected chi connectivity index (χ1v) is 7.22. The third kappa shape index (κ3) is 5.05. The van der Waals surface area contributed by atoms with Gasteiger partial charge in [-0.3, -0.25) is 0 Å². The Balaban J connectivity index is 1.87. The highest BCUT2D eigenvalue weighted by molar-refractivity contribution is 5.85. The number of halogens is 3. The van der Waals surface area contributed by atoms with Crippen LogP contribution in [0.5, 0.6) is 0 Å². The molecule has 1 atom stereocenters. The van der Waals surface area contributed by atoms with Crippen LogP contribution in [-0.4, -0.2) is 12.2 Å². The zero-order valence-electron chi connectivity index (χ0n) is 12.1. The number of hydrogen-bond acceptors (Lipinski definition) is 1. The van der Waals surface area contributed by atoms with Crippen molar-refractivity contribution < 1.29 is 13.2 Å². The molecule has 0 aromatic heterocycles. The molecule has 114 valence electrons. The summed E-state index contributed by atoms with van der Waals surface area (Å²) in [6.45, 7) is 2.61. The maximum Gasteiger partial charge on any atom is 0.389 e. The highest BCUT2D eigenvalue weighted by Crippen LogP contribution is 2.23. The first kappa shape index (κ1) is 15.8. The SMILES string of the molecule is CC(CCCC(F)(F)F)NCc1cccc2ccccc12. The zero-order chi connectivity index (χ0) is 15.3. The molecule has 0 heterocycles. The fraction of sp³-hybridized carbons (Fsp3) is 0.412. The molecule has 2 rings (SSSR count). The summed E-state index contributed by atoms with van der Waals surface area (Å²) < 4.78 is 36.3. The van der Waals surface area contributed by atoms with Gasteiger partial charge in [-0.05, 0) is 36.1 Å². The van der Waals surface area contributed by atoms with Crippen LogP contribution in [0.15, 0.2) is 42.5 Å². The molecule has 1 N–H and O–H groups in total. The summed E-state index contributed by atoms with van der Waals surface area (Å²) in [4.78, 5) is 0. The van der Waals surface area contributed by atoms with Gasteiger partial charge in [0.25, 0.3) is 0 Å². The fourth-order valence-corrected chi connectivity index (χ4v) is 2.44. The second-order valence-corrected chi connectivity index (χ2v) is 5.43. The lowest BCUT2D eigenvalue weighted by molar-refractivity contribution is -0.135. The summed E-state index contributed by atoms with van der Waals surface area (Å²) in [7, 11) is 0. The standard InChI is InChI=1S/C17H20F3N/c1-13(6-5-11-17(18,19)20)21-12-15-9-4-8-14-7-2-3-10-16(14)15/h2-4,7-10,13,21H,5-6,11-12H2,1H3. The number of nitrogens with one attached hydrogen (secondary N) is 1. The molecule has 0 fully saturated rings. The van der Waals surface area contributed by atoms with Crippen LogP contribution in [0.2, 0.25) is 0 Å². The van der Waals surface area contributed by atoms with Crippen LogP contribution in [0.25, 0.3) is 10.8 Å². The molecule has 1 unspecified atom stereocenters. The van der Waals surface area contributed by atoms with Gasteiger partial charge in [-0.25, -0.2) is 0 Å². The van der Waals surface area contributed by atoms with Gasteiger partial charge in [0, 0.05) is 19.0 Å². The van der Waals surface area contributed by atoms with E-state index in [4.69, 9.17) is 0 Å². The van der Waals surface area contributed by atoms with Crippen LogP contribution < -0.4 is 5.32 Å². The van der Waals surface area contributed by atoms with Crippen LogP contribution in [-0.2, 0) is 6.54 Å². The number of alkyl halides is 3. The predicted octanol–water partition coefficient (Wildman–Crippen LogP) is 5.05. The van der Waals surface area contributed by atoms with Gasteiger partial charge in [0.2, 0.25) is 0 Å². The molecule has 0 aliphatic heterocycles. The smallest absolute Gasteiger partial charge is 0.310 e. The van der Waals surface area contributed by atoms with Gasteiger partial charge in [-0.1, -0.05) is 42.5 Å². The molecule has 2 aromatic carbocycles. The highest BCUT2D eigenvalue weighted by Gasteiger charge is 2.26. The maximum atomic E-state index is 12.1. The molecule has 0 aliphatic rings. The van der Waals surface area contributed by atoms with Gasteiger partial charge in [0.1, 0.15) is 0 Å². The van der Waals surface area contributed by atoms with Crippen molar-refractivity contribution in [2.75, 3.05) is 0 Å². The topological polar surface area (TPSA) is 12.0 Å². The van der Waals surface area contributed by atoms with Gasteiger partial charge >= 0.3 is 6.18 Å². The second kappa shape index (κ2) is 6.94. The van der Waals surface area contributed by atoms with Crippen LogP contribution >= 0.6 is 0 Å². The van der Waals surface area contributed by atoms with Crippen molar-refractivity contribution in [3.8, 4) is 0 Å². The average Bonchev–Trinajstić information content (AvgIpc) is 2.43. The van der Waals surface area contributed by atoms with E-state index in [0.717, 1.165) is 0 Å². The summed E-state index contributed by atoms with van der Waals surface area (Å²) in [5.41, 5.74) is 1.18.